The van der Waals surface area contributed by atoms with Crippen LogP contribution in [0, 0.1) is 0 Å². The second kappa shape index (κ2) is 6.03. The third-order valence-corrected chi connectivity index (χ3v) is 4.41. The van der Waals surface area contributed by atoms with Gasteiger partial charge in [0.05, 0.1) is 5.60 Å². The molecule has 1 spiro atoms. The largest absolute Gasteiger partial charge is 0.382 e. The summed E-state index contributed by atoms with van der Waals surface area (Å²) >= 11 is 0. The molecule has 1 atom stereocenters. The monoisotopic (exact) mass is 290 g/mol. The zero-order chi connectivity index (χ0) is 14.7. The number of amides is 1. The first-order chi connectivity index (χ1) is 10.2. The highest BCUT2D eigenvalue weighted by Gasteiger charge is 2.38. The summed E-state index contributed by atoms with van der Waals surface area (Å²) in [6.07, 6.45) is 3.89. The third kappa shape index (κ3) is 3.36. The topological polar surface area (TPSA) is 73.6 Å². The highest BCUT2D eigenvalue weighted by atomic mass is 16.5. The zero-order valence-electron chi connectivity index (χ0n) is 12.1. The summed E-state index contributed by atoms with van der Waals surface area (Å²) in [7, 11) is 0. The first-order valence-corrected chi connectivity index (χ1v) is 7.55. The van der Waals surface area contributed by atoms with Gasteiger partial charge in [0.25, 0.3) is 0 Å². The van der Waals surface area contributed by atoms with E-state index in [0.29, 0.717) is 11.6 Å². The number of hydrogen-bond donors (Lipinski definition) is 2. The maximum atomic E-state index is 11.2. The number of benzene rings is 1. The third-order valence-electron chi connectivity index (χ3n) is 4.41. The molecule has 2 aliphatic heterocycles. The van der Waals surface area contributed by atoms with E-state index < -0.39 is 5.91 Å². The molecule has 0 aliphatic carbocycles. The van der Waals surface area contributed by atoms with Crippen LogP contribution in [0.5, 0.6) is 0 Å². The number of nitrogens with two attached hydrogens (primary N) is 1. The Morgan fingerprint density at radius 2 is 2.10 bits per heavy atom. The minimum Gasteiger partial charge on any atom is -0.382 e. The molecule has 1 aromatic rings. The SMILES string of the molecule is NC(=O)c1cccc(NC2CCOC3(CCOCC3)C2)c1. The molecule has 5 heteroatoms. The summed E-state index contributed by atoms with van der Waals surface area (Å²) in [5.41, 5.74) is 6.77. The van der Waals surface area contributed by atoms with Crippen molar-refractivity contribution in [3.05, 3.63) is 29.8 Å². The van der Waals surface area contributed by atoms with Crippen molar-refractivity contribution in [2.24, 2.45) is 5.73 Å². The van der Waals surface area contributed by atoms with E-state index in [9.17, 15) is 4.79 Å². The van der Waals surface area contributed by atoms with Gasteiger partial charge in [-0.2, -0.15) is 0 Å². The molecule has 0 aromatic heterocycles. The van der Waals surface area contributed by atoms with E-state index in [1.807, 2.05) is 18.2 Å². The van der Waals surface area contributed by atoms with E-state index >= 15 is 0 Å². The van der Waals surface area contributed by atoms with Crippen molar-refractivity contribution in [1.29, 1.82) is 0 Å². The number of carbonyl (C=O) groups is 1. The Hall–Kier alpha value is -1.59. The lowest BCUT2D eigenvalue weighted by molar-refractivity contribution is -0.135. The van der Waals surface area contributed by atoms with Crippen molar-refractivity contribution in [2.45, 2.75) is 37.3 Å². The second-order valence-corrected chi connectivity index (χ2v) is 5.92. The molecule has 114 valence electrons. The zero-order valence-corrected chi connectivity index (χ0v) is 12.1. The molecule has 0 bridgehead atoms. The van der Waals surface area contributed by atoms with E-state index in [0.717, 1.165) is 51.2 Å². The van der Waals surface area contributed by atoms with Crippen LogP contribution in [0.4, 0.5) is 5.69 Å². The minimum absolute atomic E-state index is 0.0323. The van der Waals surface area contributed by atoms with Gasteiger partial charge in [-0.25, -0.2) is 0 Å². The fourth-order valence-electron chi connectivity index (χ4n) is 3.24. The fraction of sp³-hybridized carbons (Fsp3) is 0.562. The number of primary amides is 1. The Morgan fingerprint density at radius 3 is 2.86 bits per heavy atom. The summed E-state index contributed by atoms with van der Waals surface area (Å²) < 4.78 is 11.5. The smallest absolute Gasteiger partial charge is 0.248 e. The van der Waals surface area contributed by atoms with E-state index in [2.05, 4.69) is 5.32 Å². The maximum Gasteiger partial charge on any atom is 0.248 e. The van der Waals surface area contributed by atoms with Crippen molar-refractivity contribution >= 4 is 11.6 Å². The van der Waals surface area contributed by atoms with Gasteiger partial charge in [0, 0.05) is 37.1 Å². The number of hydrogen-bond acceptors (Lipinski definition) is 4. The van der Waals surface area contributed by atoms with Gasteiger partial charge in [0.2, 0.25) is 5.91 Å². The van der Waals surface area contributed by atoms with Crippen molar-refractivity contribution < 1.29 is 14.3 Å². The predicted octanol–water partition coefficient (Wildman–Crippen LogP) is 1.93. The van der Waals surface area contributed by atoms with E-state index in [-0.39, 0.29) is 5.60 Å². The molecule has 2 saturated heterocycles. The van der Waals surface area contributed by atoms with E-state index in [1.54, 1.807) is 6.07 Å². The van der Waals surface area contributed by atoms with Crippen LogP contribution in [0.25, 0.3) is 0 Å². The molecule has 3 N–H and O–H groups in total. The summed E-state index contributed by atoms with van der Waals surface area (Å²) in [6.45, 7) is 2.33. The average Bonchev–Trinajstić information content (AvgIpc) is 2.48. The van der Waals surface area contributed by atoms with E-state index in [1.165, 1.54) is 0 Å². The summed E-state index contributed by atoms with van der Waals surface area (Å²) in [6, 6.07) is 7.73. The molecular formula is C16H22N2O3. The molecule has 1 amide bonds. The number of carbonyl (C=O) groups excluding carboxylic acids is 1. The molecular weight excluding hydrogens is 268 g/mol. The Morgan fingerprint density at radius 1 is 1.29 bits per heavy atom. The summed E-state index contributed by atoms with van der Waals surface area (Å²) in [4.78, 5) is 11.2. The van der Waals surface area contributed by atoms with Crippen LogP contribution in [-0.2, 0) is 9.47 Å². The molecule has 1 aromatic carbocycles. The lowest BCUT2D eigenvalue weighted by atomic mass is 9.84. The van der Waals surface area contributed by atoms with Crippen molar-refractivity contribution in [3.8, 4) is 0 Å². The van der Waals surface area contributed by atoms with Crippen LogP contribution >= 0.6 is 0 Å². The first kappa shape index (κ1) is 14.4. The standard InChI is InChI=1S/C16H22N2O3/c17-15(19)12-2-1-3-13(10-12)18-14-4-7-21-16(11-14)5-8-20-9-6-16/h1-3,10,14,18H,4-9,11H2,(H2,17,19). The van der Waals surface area contributed by atoms with Crippen LogP contribution in [0.3, 0.4) is 0 Å². The van der Waals surface area contributed by atoms with Gasteiger partial charge in [-0.3, -0.25) is 4.79 Å². The summed E-state index contributed by atoms with van der Waals surface area (Å²) in [5, 5.41) is 3.52. The molecule has 2 heterocycles. The molecule has 2 aliphatic rings. The van der Waals surface area contributed by atoms with Gasteiger partial charge in [-0.1, -0.05) is 6.07 Å². The average molecular weight is 290 g/mol. The van der Waals surface area contributed by atoms with Gasteiger partial charge >= 0.3 is 0 Å². The maximum absolute atomic E-state index is 11.2. The van der Waals surface area contributed by atoms with Crippen LogP contribution < -0.4 is 11.1 Å². The lowest BCUT2D eigenvalue weighted by Crippen LogP contribution is -2.47. The normalized spacial score (nSPS) is 24.7. The molecule has 5 nitrogen and oxygen atoms in total. The number of nitrogens with one attached hydrogen (secondary N) is 1. The predicted molar refractivity (Wildman–Crippen MR) is 80.3 cm³/mol. The minimum atomic E-state index is -0.397. The van der Waals surface area contributed by atoms with Crippen LogP contribution in [-0.4, -0.2) is 37.4 Å². The van der Waals surface area contributed by atoms with Gasteiger partial charge in [0.1, 0.15) is 0 Å². The van der Waals surface area contributed by atoms with Gasteiger partial charge in [0.15, 0.2) is 0 Å². The Kier molecular flexibility index (Phi) is 4.12. The Bertz CT molecular complexity index is 506. The molecule has 0 saturated carbocycles. The number of anilines is 1. The van der Waals surface area contributed by atoms with Crippen molar-refractivity contribution in [3.63, 3.8) is 0 Å². The van der Waals surface area contributed by atoms with Gasteiger partial charge in [-0.05, 0) is 43.9 Å². The highest BCUT2D eigenvalue weighted by Crippen LogP contribution is 2.35. The van der Waals surface area contributed by atoms with Crippen LogP contribution in [0.2, 0.25) is 0 Å². The van der Waals surface area contributed by atoms with Crippen LogP contribution in [0.1, 0.15) is 36.0 Å². The molecule has 3 rings (SSSR count). The highest BCUT2D eigenvalue weighted by molar-refractivity contribution is 5.93. The number of ether oxygens (including phenoxy) is 2. The molecule has 0 radical (unpaired) electrons. The fourth-order valence-corrected chi connectivity index (χ4v) is 3.24. The van der Waals surface area contributed by atoms with Crippen molar-refractivity contribution in [1.82, 2.24) is 0 Å². The second-order valence-electron chi connectivity index (χ2n) is 5.92. The molecule has 21 heavy (non-hydrogen) atoms. The molecule has 2 fully saturated rings. The Labute approximate surface area is 124 Å². The van der Waals surface area contributed by atoms with E-state index in [4.69, 9.17) is 15.2 Å². The summed E-state index contributed by atoms with van der Waals surface area (Å²) in [5.74, 6) is -0.397. The van der Waals surface area contributed by atoms with Crippen molar-refractivity contribution in [2.75, 3.05) is 25.1 Å². The van der Waals surface area contributed by atoms with Crippen LogP contribution in [0.15, 0.2) is 24.3 Å². The van der Waals surface area contributed by atoms with Gasteiger partial charge < -0.3 is 20.5 Å². The lowest BCUT2D eigenvalue weighted by Gasteiger charge is -2.43. The van der Waals surface area contributed by atoms with Gasteiger partial charge in [-0.15, -0.1) is 0 Å². The first-order valence-electron chi connectivity index (χ1n) is 7.55. The number of rotatable bonds is 3. The Balaban J connectivity index is 1.67. The molecule has 1 unspecified atom stereocenters. The quantitative estimate of drug-likeness (QED) is 0.892.